The van der Waals surface area contributed by atoms with Gasteiger partial charge >= 0.3 is 6.18 Å². The average molecular weight is 294 g/mol. The molecule has 0 aliphatic rings. The summed E-state index contributed by atoms with van der Waals surface area (Å²) in [5.41, 5.74) is 5.70. The molecule has 1 rings (SSSR count). The maximum absolute atomic E-state index is 13.0. The molecule has 0 fully saturated rings. The van der Waals surface area contributed by atoms with Crippen molar-refractivity contribution >= 4 is 17.2 Å². The quantitative estimate of drug-likeness (QED) is 0.669. The molecule has 1 atom stereocenters. The molecule has 0 radical (unpaired) electrons. The standard InChI is InChI=1S/C12H14F4N2S/c1-18(6-8-3-2-4-9(13)5-8)7-10(11(17)19)12(14,15)16/h2-5,10H,6-7H2,1H3,(H2,17,19). The molecule has 1 aromatic carbocycles. The summed E-state index contributed by atoms with van der Waals surface area (Å²) < 4.78 is 51.0. The highest BCUT2D eigenvalue weighted by atomic mass is 32.1. The summed E-state index contributed by atoms with van der Waals surface area (Å²) in [7, 11) is 1.50. The van der Waals surface area contributed by atoms with E-state index in [0.29, 0.717) is 5.56 Å². The summed E-state index contributed by atoms with van der Waals surface area (Å²) >= 11 is 4.44. The van der Waals surface area contributed by atoms with Gasteiger partial charge in [-0.3, -0.25) is 0 Å². The monoisotopic (exact) mass is 294 g/mol. The summed E-state index contributed by atoms with van der Waals surface area (Å²) in [6.07, 6.45) is -4.47. The van der Waals surface area contributed by atoms with Gasteiger partial charge in [0.25, 0.3) is 0 Å². The second-order valence-corrected chi connectivity index (χ2v) is 4.79. The number of thiocarbonyl (C=S) groups is 1. The Balaban J connectivity index is 2.68. The molecule has 0 amide bonds. The number of nitrogens with zero attached hydrogens (tertiary/aromatic N) is 1. The maximum Gasteiger partial charge on any atom is 0.399 e. The van der Waals surface area contributed by atoms with Gasteiger partial charge in [-0.1, -0.05) is 24.4 Å². The Morgan fingerprint density at radius 2 is 2.05 bits per heavy atom. The molecular weight excluding hydrogens is 280 g/mol. The fourth-order valence-electron chi connectivity index (χ4n) is 1.68. The van der Waals surface area contributed by atoms with Crippen LogP contribution in [0.3, 0.4) is 0 Å². The first kappa shape index (κ1) is 15.8. The lowest BCUT2D eigenvalue weighted by atomic mass is 10.1. The highest BCUT2D eigenvalue weighted by molar-refractivity contribution is 7.80. The third kappa shape index (κ3) is 5.12. The number of benzene rings is 1. The molecule has 19 heavy (non-hydrogen) atoms. The van der Waals surface area contributed by atoms with Crippen molar-refractivity contribution in [2.45, 2.75) is 12.7 Å². The molecular formula is C12H14F4N2S. The number of nitrogens with two attached hydrogens (primary N) is 1. The van der Waals surface area contributed by atoms with Crippen LogP contribution in [0.2, 0.25) is 0 Å². The molecule has 0 saturated heterocycles. The predicted molar refractivity (Wildman–Crippen MR) is 69.1 cm³/mol. The maximum atomic E-state index is 13.0. The smallest absolute Gasteiger partial charge is 0.393 e. The number of alkyl halides is 3. The Morgan fingerprint density at radius 1 is 1.42 bits per heavy atom. The molecule has 106 valence electrons. The van der Waals surface area contributed by atoms with Gasteiger partial charge in [0.1, 0.15) is 11.7 Å². The van der Waals surface area contributed by atoms with Gasteiger partial charge in [0.2, 0.25) is 0 Å². The fraction of sp³-hybridized carbons (Fsp3) is 0.417. The van der Waals surface area contributed by atoms with Gasteiger partial charge < -0.3 is 10.6 Å². The Hall–Kier alpha value is -1.21. The van der Waals surface area contributed by atoms with Crippen LogP contribution in [0.15, 0.2) is 24.3 Å². The van der Waals surface area contributed by atoms with Gasteiger partial charge in [-0.2, -0.15) is 13.2 Å². The first-order chi connectivity index (χ1) is 8.70. The van der Waals surface area contributed by atoms with Crippen LogP contribution in [0.5, 0.6) is 0 Å². The third-order valence-corrected chi connectivity index (χ3v) is 2.86. The van der Waals surface area contributed by atoms with Crippen LogP contribution in [0.25, 0.3) is 0 Å². The molecule has 0 heterocycles. The lowest BCUT2D eigenvalue weighted by Gasteiger charge is -2.25. The van der Waals surface area contributed by atoms with Crippen molar-refractivity contribution in [3.8, 4) is 0 Å². The number of rotatable bonds is 5. The van der Waals surface area contributed by atoms with E-state index < -0.39 is 22.9 Å². The molecule has 0 aromatic heterocycles. The highest BCUT2D eigenvalue weighted by Gasteiger charge is 2.42. The Labute approximate surface area is 114 Å². The topological polar surface area (TPSA) is 29.3 Å². The SMILES string of the molecule is CN(Cc1cccc(F)c1)CC(C(N)=S)C(F)(F)F. The number of hydrogen-bond acceptors (Lipinski definition) is 2. The van der Waals surface area contributed by atoms with Crippen LogP contribution < -0.4 is 5.73 Å². The summed E-state index contributed by atoms with van der Waals surface area (Å²) in [5, 5.41) is 0. The predicted octanol–water partition coefficient (Wildman–Crippen LogP) is 2.72. The van der Waals surface area contributed by atoms with Crippen molar-refractivity contribution < 1.29 is 17.6 Å². The molecule has 0 spiro atoms. The molecule has 7 heteroatoms. The third-order valence-electron chi connectivity index (χ3n) is 2.57. The zero-order valence-electron chi connectivity index (χ0n) is 10.2. The Bertz CT molecular complexity index is 448. The molecule has 0 aliphatic heterocycles. The van der Waals surface area contributed by atoms with Crippen molar-refractivity contribution in [2.75, 3.05) is 13.6 Å². The first-order valence-corrected chi connectivity index (χ1v) is 5.90. The van der Waals surface area contributed by atoms with E-state index in [9.17, 15) is 17.6 Å². The van der Waals surface area contributed by atoms with E-state index in [0.717, 1.165) is 0 Å². The minimum Gasteiger partial charge on any atom is -0.393 e. The molecule has 1 aromatic rings. The average Bonchev–Trinajstić information content (AvgIpc) is 2.24. The van der Waals surface area contributed by atoms with E-state index in [1.54, 1.807) is 6.07 Å². The fourth-order valence-corrected chi connectivity index (χ4v) is 1.89. The summed E-state index contributed by atoms with van der Waals surface area (Å²) in [5.74, 6) is -2.28. The van der Waals surface area contributed by atoms with Crippen LogP contribution in [0.4, 0.5) is 17.6 Å². The Morgan fingerprint density at radius 3 is 2.53 bits per heavy atom. The van der Waals surface area contributed by atoms with E-state index in [1.165, 1.54) is 30.1 Å². The summed E-state index contributed by atoms with van der Waals surface area (Å²) in [6.45, 7) is -0.164. The van der Waals surface area contributed by atoms with Gasteiger partial charge in [-0.15, -0.1) is 0 Å². The van der Waals surface area contributed by atoms with Gasteiger partial charge in [0.15, 0.2) is 0 Å². The second-order valence-electron chi connectivity index (χ2n) is 4.32. The summed E-state index contributed by atoms with van der Waals surface area (Å²) in [4.78, 5) is 0.824. The number of halogens is 4. The molecule has 0 saturated carbocycles. The van der Waals surface area contributed by atoms with E-state index in [1.807, 2.05) is 0 Å². The van der Waals surface area contributed by atoms with Crippen LogP contribution in [-0.2, 0) is 6.54 Å². The lowest BCUT2D eigenvalue weighted by molar-refractivity contribution is -0.158. The largest absolute Gasteiger partial charge is 0.399 e. The van der Waals surface area contributed by atoms with E-state index in [-0.39, 0.29) is 13.1 Å². The number of hydrogen-bond donors (Lipinski definition) is 1. The van der Waals surface area contributed by atoms with Crippen LogP contribution in [-0.4, -0.2) is 29.7 Å². The van der Waals surface area contributed by atoms with Crippen LogP contribution in [0.1, 0.15) is 5.56 Å². The van der Waals surface area contributed by atoms with E-state index in [4.69, 9.17) is 5.73 Å². The minimum absolute atomic E-state index is 0.187. The zero-order valence-corrected chi connectivity index (χ0v) is 11.1. The Kier molecular flexibility index (Phi) is 5.25. The van der Waals surface area contributed by atoms with Crippen LogP contribution in [0, 0.1) is 11.7 Å². The normalized spacial score (nSPS) is 13.6. The lowest BCUT2D eigenvalue weighted by Crippen LogP contribution is -2.42. The second kappa shape index (κ2) is 6.29. The molecule has 2 nitrogen and oxygen atoms in total. The van der Waals surface area contributed by atoms with Gasteiger partial charge in [-0.25, -0.2) is 4.39 Å². The molecule has 1 unspecified atom stereocenters. The van der Waals surface area contributed by atoms with Crippen molar-refractivity contribution in [1.29, 1.82) is 0 Å². The van der Waals surface area contributed by atoms with Crippen molar-refractivity contribution in [1.82, 2.24) is 4.90 Å². The van der Waals surface area contributed by atoms with Gasteiger partial charge in [-0.05, 0) is 24.7 Å². The first-order valence-electron chi connectivity index (χ1n) is 5.49. The van der Waals surface area contributed by atoms with E-state index >= 15 is 0 Å². The van der Waals surface area contributed by atoms with Gasteiger partial charge in [0.05, 0.1) is 4.99 Å². The van der Waals surface area contributed by atoms with Crippen LogP contribution >= 0.6 is 12.2 Å². The molecule has 0 aliphatic carbocycles. The molecule has 0 bridgehead atoms. The molecule has 2 N–H and O–H groups in total. The zero-order chi connectivity index (χ0) is 14.6. The summed E-state index contributed by atoms with van der Waals surface area (Å²) in [6, 6.07) is 5.70. The van der Waals surface area contributed by atoms with Crippen molar-refractivity contribution in [2.24, 2.45) is 11.7 Å². The van der Waals surface area contributed by atoms with Gasteiger partial charge in [0, 0.05) is 13.1 Å². The van der Waals surface area contributed by atoms with E-state index in [2.05, 4.69) is 12.2 Å². The minimum atomic E-state index is -4.47. The highest BCUT2D eigenvalue weighted by Crippen LogP contribution is 2.27. The van der Waals surface area contributed by atoms with Crippen molar-refractivity contribution in [3.05, 3.63) is 35.6 Å². The van der Waals surface area contributed by atoms with Crippen molar-refractivity contribution in [3.63, 3.8) is 0 Å².